The van der Waals surface area contributed by atoms with Crippen LogP contribution in [0.5, 0.6) is 0 Å². The molecule has 1 aromatic carbocycles. The highest BCUT2D eigenvalue weighted by molar-refractivity contribution is 5.57. The molecule has 6 nitrogen and oxygen atoms in total. The van der Waals surface area contributed by atoms with E-state index in [2.05, 4.69) is 68.1 Å². The molecule has 1 heterocycles. The van der Waals surface area contributed by atoms with Gasteiger partial charge in [-0.25, -0.2) is 9.13 Å². The number of aromatic nitrogens is 2. The Labute approximate surface area is 164 Å². The lowest BCUT2D eigenvalue weighted by molar-refractivity contribution is -0.904. The molecule has 2 rings (SSSR count). The van der Waals surface area contributed by atoms with E-state index in [1.165, 1.54) is 18.8 Å². The van der Waals surface area contributed by atoms with E-state index >= 15 is 0 Å². The van der Waals surface area contributed by atoms with Crippen molar-refractivity contribution in [3.63, 3.8) is 0 Å². The highest BCUT2D eigenvalue weighted by Crippen LogP contribution is 2.26. The number of azo groups is 1. The van der Waals surface area contributed by atoms with Crippen LogP contribution in [0.3, 0.4) is 0 Å². The Bertz CT molecular complexity index is 753. The largest absolute Gasteiger partial charge is 0.421 e. The van der Waals surface area contributed by atoms with Crippen LogP contribution in [-0.2, 0) is 14.1 Å². The van der Waals surface area contributed by atoms with Gasteiger partial charge in [-0.1, -0.05) is 5.11 Å². The number of hydrogen-bond donors (Lipinski definition) is 0. The van der Waals surface area contributed by atoms with Gasteiger partial charge >= 0.3 is 5.95 Å². The van der Waals surface area contributed by atoms with Gasteiger partial charge in [0.25, 0.3) is 0 Å². The molecule has 27 heavy (non-hydrogen) atoms. The summed E-state index contributed by atoms with van der Waals surface area (Å²) in [6.07, 6.45) is 3.95. The minimum Gasteiger partial charge on any atom is -0.366 e. The summed E-state index contributed by atoms with van der Waals surface area (Å²) >= 11 is 0. The molecule has 6 heteroatoms. The van der Waals surface area contributed by atoms with Crippen molar-refractivity contribution in [3.05, 3.63) is 36.2 Å². The molecule has 0 saturated heterocycles. The number of aryl methyl sites for hydroxylation is 3. The number of anilines is 1. The average Bonchev–Trinajstić information content (AvgIpc) is 2.99. The van der Waals surface area contributed by atoms with Crippen LogP contribution >= 0.6 is 0 Å². The third kappa shape index (κ3) is 5.16. The number of quaternary nitrogens is 1. The van der Waals surface area contributed by atoms with Crippen molar-refractivity contribution in [2.24, 2.45) is 24.3 Å². The molecule has 0 atom stereocenters. The number of likely N-dealkylation sites (N-methyl/N-ethyl adjacent to an activating group) is 2. The lowest BCUT2D eigenvalue weighted by Crippen LogP contribution is -2.48. The van der Waals surface area contributed by atoms with Crippen molar-refractivity contribution in [2.75, 3.05) is 44.7 Å². The molecule has 148 valence electrons. The molecule has 0 fully saturated rings. The van der Waals surface area contributed by atoms with Crippen molar-refractivity contribution in [1.82, 2.24) is 4.57 Å². The van der Waals surface area contributed by atoms with Gasteiger partial charge in [0, 0.05) is 17.3 Å². The van der Waals surface area contributed by atoms with Crippen LogP contribution < -0.4 is 9.47 Å². The minimum absolute atomic E-state index is 0.824. The average molecular weight is 373 g/mol. The summed E-state index contributed by atoms with van der Waals surface area (Å²) in [5.74, 6) is 0.824. The van der Waals surface area contributed by atoms with Crippen LogP contribution in [-0.4, -0.2) is 48.8 Å². The number of nitrogens with zero attached hydrogens (tertiary/aromatic N) is 6. The van der Waals surface area contributed by atoms with Crippen LogP contribution in [0.2, 0.25) is 0 Å². The highest BCUT2D eigenvalue weighted by atomic mass is 15.3. The molecule has 0 saturated carbocycles. The summed E-state index contributed by atoms with van der Waals surface area (Å²) < 4.78 is 5.03. The first-order valence-electron chi connectivity index (χ1n) is 9.95. The topological polar surface area (TPSA) is 36.8 Å². The quantitative estimate of drug-likeness (QED) is 0.374. The zero-order chi connectivity index (χ0) is 20.0. The monoisotopic (exact) mass is 372 g/mol. The Kier molecular flexibility index (Phi) is 7.13. The molecule has 0 spiro atoms. The van der Waals surface area contributed by atoms with Gasteiger partial charge in [0.2, 0.25) is 0 Å². The van der Waals surface area contributed by atoms with Crippen LogP contribution in [0, 0.1) is 6.92 Å². The fourth-order valence-corrected chi connectivity index (χ4v) is 3.14. The van der Waals surface area contributed by atoms with Crippen LogP contribution in [0.25, 0.3) is 0 Å². The van der Waals surface area contributed by atoms with Gasteiger partial charge in [0.05, 0.1) is 59.7 Å². The third-order valence-electron chi connectivity index (χ3n) is 5.76. The van der Waals surface area contributed by atoms with Gasteiger partial charge in [0.15, 0.2) is 0 Å². The first-order valence-corrected chi connectivity index (χ1v) is 9.95. The van der Waals surface area contributed by atoms with Gasteiger partial charge in [-0.2, -0.15) is 0 Å². The number of hydrogen-bond acceptors (Lipinski definition) is 3. The lowest BCUT2D eigenvalue weighted by Gasteiger charge is -2.35. The molecule has 0 N–H and O–H groups in total. The molecule has 0 aliphatic carbocycles. The van der Waals surface area contributed by atoms with Gasteiger partial charge < -0.3 is 9.38 Å². The second kappa shape index (κ2) is 9.13. The third-order valence-corrected chi connectivity index (χ3v) is 5.76. The molecular formula is C21H36N6+2. The van der Waals surface area contributed by atoms with Crippen LogP contribution in [0.1, 0.15) is 26.3 Å². The van der Waals surface area contributed by atoms with E-state index in [-0.39, 0.29) is 0 Å². The van der Waals surface area contributed by atoms with E-state index < -0.39 is 0 Å². The summed E-state index contributed by atoms with van der Waals surface area (Å²) in [5.41, 5.74) is 3.32. The zero-order valence-corrected chi connectivity index (χ0v) is 18.1. The van der Waals surface area contributed by atoms with Crippen molar-refractivity contribution in [2.45, 2.75) is 27.7 Å². The smallest absolute Gasteiger partial charge is 0.366 e. The van der Waals surface area contributed by atoms with E-state index in [0.717, 1.165) is 41.3 Å². The molecule has 2 aromatic rings. The van der Waals surface area contributed by atoms with Crippen LogP contribution in [0.15, 0.2) is 40.8 Å². The van der Waals surface area contributed by atoms with E-state index in [4.69, 9.17) is 0 Å². The maximum Gasteiger partial charge on any atom is 0.421 e. The fraction of sp³-hybridized carbons (Fsp3) is 0.571. The lowest BCUT2D eigenvalue weighted by atomic mass is 10.1. The predicted molar refractivity (Wildman–Crippen MR) is 112 cm³/mol. The van der Waals surface area contributed by atoms with Crippen molar-refractivity contribution in [1.29, 1.82) is 0 Å². The van der Waals surface area contributed by atoms with E-state index in [9.17, 15) is 0 Å². The first kappa shape index (κ1) is 21.1. The van der Waals surface area contributed by atoms with Crippen molar-refractivity contribution < 1.29 is 9.05 Å². The summed E-state index contributed by atoms with van der Waals surface area (Å²) in [6, 6.07) is 6.47. The number of imidazole rings is 1. The molecule has 0 aliphatic rings. The van der Waals surface area contributed by atoms with Crippen LogP contribution in [0.4, 0.5) is 17.3 Å². The zero-order valence-electron chi connectivity index (χ0n) is 18.1. The fourth-order valence-electron chi connectivity index (χ4n) is 3.14. The normalized spacial score (nSPS) is 12.1. The second-order valence-corrected chi connectivity index (χ2v) is 7.55. The van der Waals surface area contributed by atoms with E-state index in [0.29, 0.717) is 0 Å². The van der Waals surface area contributed by atoms with E-state index in [1.54, 1.807) is 0 Å². The Morgan fingerprint density at radius 1 is 1.15 bits per heavy atom. The molecule has 0 bridgehead atoms. The van der Waals surface area contributed by atoms with E-state index in [1.807, 2.05) is 35.6 Å². The molecular weight excluding hydrogens is 336 g/mol. The number of rotatable bonds is 9. The highest BCUT2D eigenvalue weighted by Gasteiger charge is 2.18. The standard InChI is InChI=1S/C21H36N6/c1-8-26(15-16-27(7,9-2)10-3)19-11-12-20(18(4)17-19)22-23-21-24(5)13-14-25(21)6/h11-14,17H,8-10,15-16H2,1-7H3/q+2. The SMILES string of the molecule is CCN(CC[N+](C)(CC)CC)c1ccc(N=Nc2n(C)cc[n+]2C)c(C)c1. The van der Waals surface area contributed by atoms with Crippen molar-refractivity contribution in [3.8, 4) is 0 Å². The maximum atomic E-state index is 4.47. The summed E-state index contributed by atoms with van der Waals surface area (Å²) in [7, 11) is 6.29. The Hall–Kier alpha value is -2.21. The van der Waals surface area contributed by atoms with Crippen molar-refractivity contribution >= 4 is 17.3 Å². The number of benzene rings is 1. The molecule has 0 amide bonds. The summed E-state index contributed by atoms with van der Waals surface area (Å²) in [4.78, 5) is 2.45. The Morgan fingerprint density at radius 2 is 1.85 bits per heavy atom. The molecule has 0 radical (unpaired) electrons. The molecule has 0 aliphatic heterocycles. The summed E-state index contributed by atoms with van der Waals surface area (Å²) in [5, 5.41) is 8.89. The summed E-state index contributed by atoms with van der Waals surface area (Å²) in [6.45, 7) is 14.4. The Morgan fingerprint density at radius 3 is 2.37 bits per heavy atom. The van der Waals surface area contributed by atoms with Gasteiger partial charge in [0.1, 0.15) is 5.69 Å². The second-order valence-electron chi connectivity index (χ2n) is 7.55. The molecule has 0 unspecified atom stereocenters. The maximum absolute atomic E-state index is 4.47. The molecule has 1 aromatic heterocycles. The Balaban J connectivity index is 2.14. The van der Waals surface area contributed by atoms with Gasteiger partial charge in [-0.3, -0.25) is 0 Å². The van der Waals surface area contributed by atoms with Gasteiger partial charge in [-0.05, 0) is 51.5 Å². The van der Waals surface area contributed by atoms with Gasteiger partial charge in [-0.15, -0.1) is 0 Å². The first-order chi connectivity index (χ1) is 12.8. The minimum atomic E-state index is 0.824. The predicted octanol–water partition coefficient (Wildman–Crippen LogP) is 3.89.